The molecule has 2 aromatic rings. The molecular weight excluding hydrogens is 326 g/mol. The van der Waals surface area contributed by atoms with Gasteiger partial charge in [0.15, 0.2) is 11.6 Å². The van der Waals surface area contributed by atoms with Gasteiger partial charge in [0.05, 0.1) is 0 Å². The van der Waals surface area contributed by atoms with Crippen molar-refractivity contribution in [3.63, 3.8) is 0 Å². The molecule has 26 heavy (non-hydrogen) atoms. The third kappa shape index (κ3) is 3.82. The zero-order chi connectivity index (χ0) is 17.9. The van der Waals surface area contributed by atoms with Gasteiger partial charge in [-0.05, 0) is 45.2 Å². The van der Waals surface area contributed by atoms with Gasteiger partial charge in [0, 0.05) is 50.4 Å². The molecule has 0 bridgehead atoms. The number of likely N-dealkylation sites (tertiary alicyclic amines) is 1. The number of hydrogen-bond donors (Lipinski definition) is 2. The fourth-order valence-corrected chi connectivity index (χ4v) is 3.92. The lowest BCUT2D eigenvalue weighted by Gasteiger charge is -2.20. The van der Waals surface area contributed by atoms with Gasteiger partial charge in [0.2, 0.25) is 0 Å². The second-order valence-corrected chi connectivity index (χ2v) is 7.41. The topological polar surface area (TPSA) is 69.8 Å². The normalized spacial score (nSPS) is 24.3. The highest BCUT2D eigenvalue weighted by Crippen LogP contribution is 2.33. The van der Waals surface area contributed by atoms with Crippen LogP contribution in [0.25, 0.3) is 5.65 Å². The molecule has 140 valence electrons. The highest BCUT2D eigenvalue weighted by molar-refractivity contribution is 5.80. The number of pyridine rings is 1. The molecule has 1 aliphatic heterocycles. The van der Waals surface area contributed by atoms with Crippen molar-refractivity contribution in [3.8, 4) is 0 Å². The number of nitrogens with one attached hydrogen (secondary N) is 2. The van der Waals surface area contributed by atoms with Gasteiger partial charge in [0.25, 0.3) is 0 Å². The van der Waals surface area contributed by atoms with Crippen LogP contribution in [0, 0.1) is 0 Å². The SMILES string of the molecule is CCNC(=NCCc1nnc2ccccn12)NC1CC(C)N(C2CC2)C1. The first-order valence-electron chi connectivity index (χ1n) is 9.84. The molecule has 2 atom stereocenters. The van der Waals surface area contributed by atoms with Crippen molar-refractivity contribution in [2.24, 2.45) is 4.99 Å². The van der Waals surface area contributed by atoms with Crippen molar-refractivity contribution < 1.29 is 0 Å². The maximum atomic E-state index is 4.76. The first kappa shape index (κ1) is 17.3. The predicted octanol–water partition coefficient (Wildman–Crippen LogP) is 1.45. The minimum Gasteiger partial charge on any atom is -0.357 e. The van der Waals surface area contributed by atoms with Gasteiger partial charge in [-0.1, -0.05) is 6.07 Å². The number of aromatic nitrogens is 3. The quantitative estimate of drug-likeness (QED) is 0.606. The zero-order valence-corrected chi connectivity index (χ0v) is 15.7. The highest BCUT2D eigenvalue weighted by atomic mass is 15.3. The summed E-state index contributed by atoms with van der Waals surface area (Å²) in [6, 6.07) is 7.94. The Balaban J connectivity index is 1.35. The minimum absolute atomic E-state index is 0.484. The van der Waals surface area contributed by atoms with Crippen LogP contribution < -0.4 is 10.6 Å². The zero-order valence-electron chi connectivity index (χ0n) is 15.7. The average Bonchev–Trinajstić information content (AvgIpc) is 3.30. The molecular formula is C19H29N7. The first-order chi connectivity index (χ1) is 12.7. The molecule has 2 unspecified atom stereocenters. The molecule has 2 fully saturated rings. The van der Waals surface area contributed by atoms with E-state index in [0.717, 1.165) is 43.0 Å². The lowest BCUT2D eigenvalue weighted by molar-refractivity contribution is 0.256. The van der Waals surface area contributed by atoms with Crippen molar-refractivity contribution in [2.45, 2.75) is 57.7 Å². The maximum absolute atomic E-state index is 4.76. The smallest absolute Gasteiger partial charge is 0.191 e. The number of hydrogen-bond acceptors (Lipinski definition) is 4. The van der Waals surface area contributed by atoms with E-state index < -0.39 is 0 Å². The number of fused-ring (bicyclic) bond motifs is 1. The lowest BCUT2D eigenvalue weighted by atomic mass is 10.2. The fourth-order valence-electron chi connectivity index (χ4n) is 3.92. The van der Waals surface area contributed by atoms with Gasteiger partial charge in [-0.2, -0.15) is 0 Å². The summed E-state index contributed by atoms with van der Waals surface area (Å²) in [5.41, 5.74) is 0.886. The Bertz CT molecular complexity index is 764. The van der Waals surface area contributed by atoms with Crippen molar-refractivity contribution in [1.29, 1.82) is 0 Å². The minimum atomic E-state index is 0.484. The van der Waals surface area contributed by atoms with E-state index in [4.69, 9.17) is 4.99 Å². The Labute approximate surface area is 154 Å². The maximum Gasteiger partial charge on any atom is 0.191 e. The second kappa shape index (κ2) is 7.61. The van der Waals surface area contributed by atoms with Crippen molar-refractivity contribution >= 4 is 11.6 Å². The summed E-state index contributed by atoms with van der Waals surface area (Å²) in [6.07, 6.45) is 6.71. The number of guanidine groups is 1. The van der Waals surface area contributed by atoms with Crippen LogP contribution in [-0.4, -0.2) is 63.2 Å². The van der Waals surface area contributed by atoms with E-state index in [1.54, 1.807) is 0 Å². The van der Waals surface area contributed by atoms with E-state index in [1.807, 2.05) is 28.8 Å². The molecule has 7 heteroatoms. The molecule has 0 aromatic carbocycles. The monoisotopic (exact) mass is 355 g/mol. The Morgan fingerprint density at radius 2 is 2.19 bits per heavy atom. The summed E-state index contributed by atoms with van der Waals surface area (Å²) in [7, 11) is 0. The van der Waals surface area contributed by atoms with Crippen LogP contribution in [0.3, 0.4) is 0 Å². The van der Waals surface area contributed by atoms with E-state index in [1.165, 1.54) is 19.3 Å². The summed E-state index contributed by atoms with van der Waals surface area (Å²) >= 11 is 0. The Morgan fingerprint density at radius 1 is 1.31 bits per heavy atom. The van der Waals surface area contributed by atoms with Crippen LogP contribution in [0.5, 0.6) is 0 Å². The van der Waals surface area contributed by atoms with Gasteiger partial charge >= 0.3 is 0 Å². The number of aliphatic imine (C=N–C) groups is 1. The molecule has 1 aliphatic carbocycles. The molecule has 3 heterocycles. The van der Waals surface area contributed by atoms with Gasteiger partial charge in [-0.25, -0.2) is 0 Å². The molecule has 2 aromatic heterocycles. The molecule has 2 aliphatic rings. The summed E-state index contributed by atoms with van der Waals surface area (Å²) in [4.78, 5) is 7.42. The van der Waals surface area contributed by atoms with E-state index in [9.17, 15) is 0 Å². The van der Waals surface area contributed by atoms with Gasteiger partial charge in [-0.15, -0.1) is 10.2 Å². The van der Waals surface area contributed by atoms with E-state index >= 15 is 0 Å². The molecule has 4 rings (SSSR count). The van der Waals surface area contributed by atoms with Crippen molar-refractivity contribution in [1.82, 2.24) is 30.1 Å². The molecule has 0 spiro atoms. The molecule has 2 N–H and O–H groups in total. The van der Waals surface area contributed by atoms with Crippen LogP contribution in [0.1, 0.15) is 38.9 Å². The average molecular weight is 355 g/mol. The second-order valence-electron chi connectivity index (χ2n) is 7.41. The predicted molar refractivity (Wildman–Crippen MR) is 103 cm³/mol. The van der Waals surface area contributed by atoms with Crippen LogP contribution in [0.2, 0.25) is 0 Å². The van der Waals surface area contributed by atoms with Gasteiger partial charge < -0.3 is 10.6 Å². The Hall–Kier alpha value is -2.15. The van der Waals surface area contributed by atoms with Crippen molar-refractivity contribution in [2.75, 3.05) is 19.6 Å². The fraction of sp³-hybridized carbons (Fsp3) is 0.632. The van der Waals surface area contributed by atoms with E-state index in [-0.39, 0.29) is 0 Å². The largest absolute Gasteiger partial charge is 0.357 e. The van der Waals surface area contributed by atoms with Gasteiger partial charge in [0.1, 0.15) is 5.82 Å². The van der Waals surface area contributed by atoms with E-state index in [0.29, 0.717) is 18.6 Å². The molecule has 1 saturated carbocycles. The number of rotatable bonds is 6. The molecule has 1 saturated heterocycles. The molecule has 7 nitrogen and oxygen atoms in total. The summed E-state index contributed by atoms with van der Waals surface area (Å²) in [5.74, 6) is 1.87. The van der Waals surface area contributed by atoms with Crippen molar-refractivity contribution in [3.05, 3.63) is 30.2 Å². The standard InChI is InChI=1S/C19H29N7/c1-3-20-19(22-15-12-14(2)26(13-15)16-7-8-16)21-10-9-18-24-23-17-6-4-5-11-25(17)18/h4-6,11,14-16H,3,7-10,12-13H2,1-2H3,(H2,20,21,22). The third-order valence-corrected chi connectivity index (χ3v) is 5.31. The lowest BCUT2D eigenvalue weighted by Crippen LogP contribution is -2.44. The first-order valence-corrected chi connectivity index (χ1v) is 9.84. The van der Waals surface area contributed by atoms with E-state index in [2.05, 4.69) is 39.6 Å². The molecule has 0 radical (unpaired) electrons. The van der Waals surface area contributed by atoms with Crippen LogP contribution in [0.4, 0.5) is 0 Å². The molecule has 0 amide bonds. The Morgan fingerprint density at radius 3 is 3.00 bits per heavy atom. The van der Waals surface area contributed by atoms with Gasteiger partial charge in [-0.3, -0.25) is 14.3 Å². The van der Waals surface area contributed by atoms with Crippen LogP contribution >= 0.6 is 0 Å². The highest BCUT2D eigenvalue weighted by Gasteiger charge is 2.38. The summed E-state index contributed by atoms with van der Waals surface area (Å²) in [5, 5.41) is 15.5. The third-order valence-electron chi connectivity index (χ3n) is 5.31. The van der Waals surface area contributed by atoms with Crippen LogP contribution in [-0.2, 0) is 6.42 Å². The Kier molecular flexibility index (Phi) is 5.06. The van der Waals surface area contributed by atoms with Crippen LogP contribution in [0.15, 0.2) is 29.4 Å². The summed E-state index contributed by atoms with van der Waals surface area (Å²) in [6.45, 7) is 7.15. The number of nitrogens with zero attached hydrogens (tertiary/aromatic N) is 5. The summed E-state index contributed by atoms with van der Waals surface area (Å²) < 4.78 is 2.03.